The molecule has 0 aliphatic heterocycles. The van der Waals surface area contributed by atoms with Crippen molar-refractivity contribution in [3.05, 3.63) is 52.8 Å². The molecule has 1 aromatic carbocycles. The van der Waals surface area contributed by atoms with Gasteiger partial charge in [0.1, 0.15) is 0 Å². The SMILES string of the molecule is CCNC(c1cc(Br)sc1Br)c1csc2c(Br)cccc12. The highest BCUT2D eigenvalue weighted by Gasteiger charge is 2.21. The normalized spacial score (nSPS) is 13.0. The first-order valence-electron chi connectivity index (χ1n) is 6.45. The van der Waals surface area contributed by atoms with Crippen LogP contribution < -0.4 is 5.32 Å². The van der Waals surface area contributed by atoms with Crippen LogP contribution in [0.15, 0.2) is 41.7 Å². The molecular formula is C15H12Br3NS2. The van der Waals surface area contributed by atoms with E-state index in [-0.39, 0.29) is 6.04 Å². The van der Waals surface area contributed by atoms with Gasteiger partial charge >= 0.3 is 0 Å². The number of hydrogen-bond acceptors (Lipinski definition) is 3. The van der Waals surface area contributed by atoms with Crippen molar-refractivity contribution >= 4 is 80.5 Å². The van der Waals surface area contributed by atoms with Gasteiger partial charge in [-0.15, -0.1) is 22.7 Å². The Morgan fingerprint density at radius 3 is 2.67 bits per heavy atom. The molecule has 0 bridgehead atoms. The molecular weight excluding hydrogens is 498 g/mol. The van der Waals surface area contributed by atoms with Crippen molar-refractivity contribution in [2.24, 2.45) is 0 Å². The molecule has 0 radical (unpaired) electrons. The molecule has 0 amide bonds. The summed E-state index contributed by atoms with van der Waals surface area (Å²) < 4.78 is 4.79. The van der Waals surface area contributed by atoms with Gasteiger partial charge in [0.05, 0.1) is 13.6 Å². The van der Waals surface area contributed by atoms with E-state index in [1.807, 2.05) is 0 Å². The quantitative estimate of drug-likeness (QED) is 0.401. The fraction of sp³-hybridized carbons (Fsp3) is 0.200. The van der Waals surface area contributed by atoms with Crippen molar-refractivity contribution in [3.8, 4) is 0 Å². The fourth-order valence-corrected chi connectivity index (χ4v) is 6.96. The Morgan fingerprint density at radius 1 is 1.19 bits per heavy atom. The Labute approximate surface area is 157 Å². The maximum atomic E-state index is 3.69. The number of benzene rings is 1. The van der Waals surface area contributed by atoms with E-state index in [4.69, 9.17) is 0 Å². The number of halogens is 3. The summed E-state index contributed by atoms with van der Waals surface area (Å²) >= 11 is 14.4. The minimum absolute atomic E-state index is 0.204. The molecule has 110 valence electrons. The predicted molar refractivity (Wildman–Crippen MR) is 105 cm³/mol. The zero-order valence-corrected chi connectivity index (χ0v) is 17.5. The van der Waals surface area contributed by atoms with Crippen LogP contribution in [-0.2, 0) is 0 Å². The van der Waals surface area contributed by atoms with Crippen LogP contribution in [0.3, 0.4) is 0 Å². The van der Waals surface area contributed by atoms with Crippen LogP contribution in [0.4, 0.5) is 0 Å². The van der Waals surface area contributed by atoms with Crippen LogP contribution in [0.25, 0.3) is 10.1 Å². The largest absolute Gasteiger partial charge is 0.306 e. The van der Waals surface area contributed by atoms with Crippen molar-refractivity contribution in [2.45, 2.75) is 13.0 Å². The Hall–Kier alpha value is 0.280. The first-order valence-corrected chi connectivity index (χ1v) is 10.5. The molecule has 0 spiro atoms. The van der Waals surface area contributed by atoms with Crippen LogP contribution >= 0.6 is 70.5 Å². The van der Waals surface area contributed by atoms with Crippen molar-refractivity contribution in [2.75, 3.05) is 6.54 Å². The lowest BCUT2D eigenvalue weighted by molar-refractivity contribution is 0.635. The minimum atomic E-state index is 0.204. The lowest BCUT2D eigenvalue weighted by Crippen LogP contribution is -2.21. The van der Waals surface area contributed by atoms with Crippen LogP contribution in [0.5, 0.6) is 0 Å². The third-order valence-electron chi connectivity index (χ3n) is 3.30. The molecule has 3 rings (SSSR count). The molecule has 0 saturated heterocycles. The third kappa shape index (κ3) is 3.16. The Balaban J connectivity index is 2.16. The molecule has 1 N–H and O–H groups in total. The van der Waals surface area contributed by atoms with E-state index in [0.29, 0.717) is 0 Å². The third-order valence-corrected chi connectivity index (χ3v) is 7.65. The van der Waals surface area contributed by atoms with Crippen LogP contribution in [0, 0.1) is 0 Å². The predicted octanol–water partition coefficient (Wildman–Crippen LogP) is 6.95. The first-order chi connectivity index (χ1) is 10.1. The molecule has 1 atom stereocenters. The van der Waals surface area contributed by atoms with Crippen molar-refractivity contribution in [1.29, 1.82) is 0 Å². The fourth-order valence-electron chi connectivity index (χ4n) is 2.41. The van der Waals surface area contributed by atoms with E-state index in [0.717, 1.165) is 14.8 Å². The second-order valence-electron chi connectivity index (χ2n) is 4.58. The molecule has 0 aliphatic carbocycles. The first kappa shape index (κ1) is 16.1. The maximum absolute atomic E-state index is 3.69. The second-order valence-corrected chi connectivity index (χ2v) is 10.1. The van der Waals surface area contributed by atoms with Crippen molar-refractivity contribution in [1.82, 2.24) is 5.32 Å². The van der Waals surface area contributed by atoms with Gasteiger partial charge in [-0.3, -0.25) is 0 Å². The van der Waals surface area contributed by atoms with E-state index in [9.17, 15) is 0 Å². The van der Waals surface area contributed by atoms with Gasteiger partial charge in [-0.1, -0.05) is 19.1 Å². The highest BCUT2D eigenvalue weighted by Crippen LogP contribution is 2.42. The summed E-state index contributed by atoms with van der Waals surface area (Å²) in [6.07, 6.45) is 0. The summed E-state index contributed by atoms with van der Waals surface area (Å²) in [4.78, 5) is 0. The molecule has 1 nitrogen and oxygen atoms in total. The van der Waals surface area contributed by atoms with E-state index in [1.165, 1.54) is 25.0 Å². The van der Waals surface area contributed by atoms with E-state index < -0.39 is 0 Å². The smallest absolute Gasteiger partial charge is 0.0761 e. The Morgan fingerprint density at radius 2 is 2.00 bits per heavy atom. The molecule has 2 aromatic heterocycles. The summed E-state index contributed by atoms with van der Waals surface area (Å²) in [7, 11) is 0. The maximum Gasteiger partial charge on any atom is 0.0761 e. The molecule has 3 aromatic rings. The van der Waals surface area contributed by atoms with Crippen LogP contribution in [-0.4, -0.2) is 6.54 Å². The molecule has 0 saturated carbocycles. The average molecular weight is 510 g/mol. The average Bonchev–Trinajstić information content (AvgIpc) is 3.01. The van der Waals surface area contributed by atoms with Crippen molar-refractivity contribution < 1.29 is 0 Å². The Kier molecular flexibility index (Phi) is 5.23. The molecule has 2 heterocycles. The van der Waals surface area contributed by atoms with Gasteiger partial charge in [0.2, 0.25) is 0 Å². The Bertz CT molecular complexity index is 778. The van der Waals surface area contributed by atoms with Crippen molar-refractivity contribution in [3.63, 3.8) is 0 Å². The summed E-state index contributed by atoms with van der Waals surface area (Å²) in [5.41, 5.74) is 2.62. The highest BCUT2D eigenvalue weighted by molar-refractivity contribution is 9.12. The van der Waals surface area contributed by atoms with E-state index in [1.54, 1.807) is 22.7 Å². The minimum Gasteiger partial charge on any atom is -0.306 e. The lowest BCUT2D eigenvalue weighted by atomic mass is 10.0. The standard InChI is InChI=1S/C15H12Br3NS2/c1-2-19-13(9-6-12(17)21-15(9)18)10-7-20-14-8(10)4-3-5-11(14)16/h3-7,13,19H,2H2,1H3. The van der Waals surface area contributed by atoms with Gasteiger partial charge in [0.15, 0.2) is 0 Å². The zero-order valence-electron chi connectivity index (χ0n) is 11.1. The number of nitrogens with one attached hydrogen (secondary N) is 1. The number of fused-ring (bicyclic) bond motifs is 1. The summed E-state index contributed by atoms with van der Waals surface area (Å²) in [5, 5.41) is 7.19. The van der Waals surface area contributed by atoms with E-state index in [2.05, 4.69) is 89.7 Å². The van der Waals surface area contributed by atoms with Gasteiger partial charge in [0, 0.05) is 9.17 Å². The van der Waals surface area contributed by atoms with Gasteiger partial charge in [0.25, 0.3) is 0 Å². The van der Waals surface area contributed by atoms with Crippen LogP contribution in [0.2, 0.25) is 0 Å². The van der Waals surface area contributed by atoms with Gasteiger partial charge in [-0.25, -0.2) is 0 Å². The number of hydrogen-bond donors (Lipinski definition) is 1. The lowest BCUT2D eigenvalue weighted by Gasteiger charge is -2.17. The van der Waals surface area contributed by atoms with Crippen LogP contribution in [0.1, 0.15) is 24.1 Å². The highest BCUT2D eigenvalue weighted by atomic mass is 79.9. The van der Waals surface area contributed by atoms with Gasteiger partial charge in [-0.05, 0) is 88.4 Å². The number of thiophene rings is 2. The topological polar surface area (TPSA) is 12.0 Å². The summed E-state index contributed by atoms with van der Waals surface area (Å²) in [5.74, 6) is 0. The van der Waals surface area contributed by atoms with Gasteiger partial charge in [-0.2, -0.15) is 0 Å². The van der Waals surface area contributed by atoms with E-state index >= 15 is 0 Å². The monoisotopic (exact) mass is 507 g/mol. The molecule has 21 heavy (non-hydrogen) atoms. The zero-order chi connectivity index (χ0) is 15.0. The van der Waals surface area contributed by atoms with Gasteiger partial charge < -0.3 is 5.32 Å². The molecule has 6 heteroatoms. The molecule has 0 fully saturated rings. The second kappa shape index (κ2) is 6.81. The molecule has 1 unspecified atom stereocenters. The summed E-state index contributed by atoms with van der Waals surface area (Å²) in [6, 6.07) is 8.80. The molecule has 0 aliphatic rings. The summed E-state index contributed by atoms with van der Waals surface area (Å²) in [6.45, 7) is 3.07. The number of rotatable bonds is 4.